The number of aliphatic carboxylic acids is 1. The van der Waals surface area contributed by atoms with E-state index in [1.54, 1.807) is 30.3 Å². The van der Waals surface area contributed by atoms with Crippen molar-refractivity contribution < 1.29 is 45.3 Å². The molecule has 0 saturated carbocycles. The monoisotopic (exact) mass is 704 g/mol. The fraction of sp³-hybridized carbons (Fsp3) is 0.281. The Bertz CT molecular complexity index is 1890. The van der Waals surface area contributed by atoms with Gasteiger partial charge in [-0.1, -0.05) is 57.2 Å². The van der Waals surface area contributed by atoms with Gasteiger partial charge in [-0.3, -0.25) is 14.4 Å². The van der Waals surface area contributed by atoms with Gasteiger partial charge in [0.2, 0.25) is 5.91 Å². The Balaban J connectivity index is 1.47. The molecule has 0 bridgehead atoms. The molecule has 0 fully saturated rings. The molecule has 11 nitrogen and oxygen atoms in total. The lowest BCUT2D eigenvalue weighted by atomic mass is 9.95. The molecule has 3 N–H and O–H groups in total. The second-order valence-corrected chi connectivity index (χ2v) is 14.3. The molecule has 2 aromatic heterocycles. The molecule has 2 atom stereocenters. The number of carbonyl (C=O) groups is 3. The number of aromatic nitrogens is 2. The number of nitrogens with one attached hydrogen (secondary N) is 2. The van der Waals surface area contributed by atoms with E-state index in [0.29, 0.717) is 33.0 Å². The van der Waals surface area contributed by atoms with Gasteiger partial charge in [0.25, 0.3) is 5.91 Å². The summed E-state index contributed by atoms with van der Waals surface area (Å²) in [4.78, 5) is 47.6. The summed E-state index contributed by atoms with van der Waals surface area (Å²) >= 11 is 1.31. The van der Waals surface area contributed by atoms with Crippen molar-refractivity contribution in [2.24, 2.45) is 0 Å². The van der Waals surface area contributed by atoms with Crippen LogP contribution in [0.3, 0.4) is 0 Å². The lowest BCUT2D eigenvalue weighted by molar-refractivity contribution is -0.141. The second-order valence-electron chi connectivity index (χ2n) is 11.7. The minimum atomic E-state index is -5.79. The zero-order valence-corrected chi connectivity index (χ0v) is 27.7. The number of carboxylic acids is 1. The quantitative estimate of drug-likeness (QED) is 0.138. The number of halogens is 3. The summed E-state index contributed by atoms with van der Waals surface area (Å²) in [6.45, 7) is 7.38. The van der Waals surface area contributed by atoms with E-state index in [0.717, 1.165) is 17.0 Å². The Morgan fingerprint density at radius 2 is 1.46 bits per heavy atom. The van der Waals surface area contributed by atoms with Gasteiger partial charge in [-0.05, 0) is 47.7 Å². The highest BCUT2D eigenvalue weighted by Gasteiger charge is 2.48. The van der Waals surface area contributed by atoms with E-state index >= 15 is 0 Å². The third-order valence-corrected chi connectivity index (χ3v) is 9.39. The Labute approximate surface area is 278 Å². The normalized spacial score (nSPS) is 13.3. The highest BCUT2D eigenvalue weighted by molar-refractivity contribution is 7.88. The highest BCUT2D eigenvalue weighted by atomic mass is 32.2. The summed E-state index contributed by atoms with van der Waals surface area (Å²) in [6, 6.07) is 13.0. The van der Waals surface area contributed by atoms with Crippen molar-refractivity contribution in [3.63, 3.8) is 0 Å². The Kier molecular flexibility index (Phi) is 10.6. The number of amides is 2. The van der Waals surface area contributed by atoms with Crippen LogP contribution in [0.5, 0.6) is 5.75 Å². The largest absolute Gasteiger partial charge is 0.534 e. The summed E-state index contributed by atoms with van der Waals surface area (Å²) in [5, 5.41) is 14.4. The standard InChI is InChI=1S/C32H31F3N4O7S2/c1-18(30(42)43)38-28(40)24(39-29(41)25-13-14-26(47-25)31(2,3)4)15-19-5-7-21(8-6-19)27-36-16-22(17-37-27)20-9-11-23(12-10-20)46-48(44,45)32(33,34)35/h5-14,16-18,24H,15H2,1-4H3,(H,38,40)(H,39,41)(H,42,43)/t18-,24+/m1/s1. The van der Waals surface area contributed by atoms with Gasteiger partial charge in [-0.2, -0.15) is 21.6 Å². The van der Waals surface area contributed by atoms with Crippen LogP contribution in [0.15, 0.2) is 73.1 Å². The van der Waals surface area contributed by atoms with Crippen LogP contribution in [0, 0.1) is 0 Å². The summed E-state index contributed by atoms with van der Waals surface area (Å²) in [5.74, 6) is -2.51. The summed E-state index contributed by atoms with van der Waals surface area (Å²) in [7, 11) is -5.79. The molecule has 0 aliphatic rings. The molecule has 254 valence electrons. The maximum atomic E-state index is 13.1. The first-order valence-electron chi connectivity index (χ1n) is 14.3. The molecule has 0 radical (unpaired) electrons. The van der Waals surface area contributed by atoms with E-state index in [-0.39, 0.29) is 11.8 Å². The molecular weight excluding hydrogens is 674 g/mol. The van der Waals surface area contributed by atoms with Crippen molar-refractivity contribution in [3.8, 4) is 28.3 Å². The maximum absolute atomic E-state index is 13.1. The van der Waals surface area contributed by atoms with Gasteiger partial charge in [0.1, 0.15) is 17.8 Å². The molecule has 0 aliphatic carbocycles. The lowest BCUT2D eigenvalue weighted by Gasteiger charge is -2.20. The van der Waals surface area contributed by atoms with Crippen molar-refractivity contribution in [2.75, 3.05) is 0 Å². The lowest BCUT2D eigenvalue weighted by Crippen LogP contribution is -2.51. The molecule has 2 amide bonds. The average Bonchev–Trinajstić information content (AvgIpc) is 3.53. The van der Waals surface area contributed by atoms with Crippen molar-refractivity contribution in [3.05, 3.63) is 88.4 Å². The second kappa shape index (κ2) is 14.1. The smallest absolute Gasteiger partial charge is 0.480 e. The zero-order valence-electron chi connectivity index (χ0n) is 26.0. The average molecular weight is 705 g/mol. The van der Waals surface area contributed by atoms with E-state index in [1.807, 2.05) is 26.8 Å². The molecule has 2 aromatic carbocycles. The van der Waals surface area contributed by atoms with Crippen LogP contribution in [0.25, 0.3) is 22.5 Å². The SMILES string of the molecule is C[C@@H](NC(=O)[C@H](Cc1ccc(-c2ncc(-c3ccc(OS(=O)(=O)C(F)(F)F)cc3)cn2)cc1)NC(=O)c1ccc(C(C)(C)C)s1)C(=O)O. The molecule has 0 aliphatic heterocycles. The molecule has 2 heterocycles. The molecule has 4 rings (SSSR count). The minimum absolute atomic E-state index is 0.0610. The van der Waals surface area contributed by atoms with Crippen LogP contribution in [-0.2, 0) is 31.5 Å². The van der Waals surface area contributed by atoms with Crippen LogP contribution in [-0.4, -0.2) is 58.9 Å². The number of alkyl halides is 3. The van der Waals surface area contributed by atoms with E-state index in [1.165, 1.54) is 42.8 Å². The number of benzene rings is 2. The van der Waals surface area contributed by atoms with E-state index in [9.17, 15) is 41.1 Å². The first kappa shape index (κ1) is 36.0. The fourth-order valence-corrected chi connectivity index (χ4v) is 5.63. The predicted octanol–water partition coefficient (Wildman–Crippen LogP) is 5.33. The molecule has 16 heteroatoms. The first-order valence-corrected chi connectivity index (χ1v) is 16.5. The number of hydrogen-bond acceptors (Lipinski definition) is 9. The van der Waals surface area contributed by atoms with Crippen molar-refractivity contribution in [1.82, 2.24) is 20.6 Å². The van der Waals surface area contributed by atoms with Crippen LogP contribution >= 0.6 is 11.3 Å². The predicted molar refractivity (Wildman–Crippen MR) is 172 cm³/mol. The van der Waals surface area contributed by atoms with Crippen molar-refractivity contribution >= 4 is 39.2 Å². The van der Waals surface area contributed by atoms with Crippen LogP contribution in [0.4, 0.5) is 13.2 Å². The zero-order chi connectivity index (χ0) is 35.4. The van der Waals surface area contributed by atoms with Crippen LogP contribution in [0.1, 0.15) is 47.8 Å². The first-order chi connectivity index (χ1) is 22.3. The molecule has 0 saturated heterocycles. The number of carboxylic acid groups (broad SMARTS) is 1. The number of hydrogen-bond donors (Lipinski definition) is 3. The topological polar surface area (TPSA) is 165 Å². The fourth-order valence-electron chi connectivity index (χ4n) is 4.21. The van der Waals surface area contributed by atoms with Gasteiger partial charge in [0.05, 0.1) is 4.88 Å². The van der Waals surface area contributed by atoms with E-state index in [2.05, 4.69) is 24.8 Å². The molecule has 4 aromatic rings. The Morgan fingerprint density at radius 1 is 0.875 bits per heavy atom. The summed E-state index contributed by atoms with van der Waals surface area (Å²) < 4.78 is 64.3. The summed E-state index contributed by atoms with van der Waals surface area (Å²) in [5.41, 5.74) is -3.45. The minimum Gasteiger partial charge on any atom is -0.480 e. The Morgan fingerprint density at radius 3 is 1.98 bits per heavy atom. The van der Waals surface area contributed by atoms with Crippen LogP contribution < -0.4 is 14.8 Å². The van der Waals surface area contributed by atoms with Gasteiger partial charge in [0, 0.05) is 34.8 Å². The number of thiophene rings is 1. The number of carbonyl (C=O) groups excluding carboxylic acids is 2. The highest BCUT2D eigenvalue weighted by Crippen LogP contribution is 2.30. The van der Waals surface area contributed by atoms with Crippen molar-refractivity contribution in [1.29, 1.82) is 0 Å². The van der Waals surface area contributed by atoms with Gasteiger partial charge in [0.15, 0.2) is 5.82 Å². The van der Waals surface area contributed by atoms with Gasteiger partial charge >= 0.3 is 21.6 Å². The third kappa shape index (κ3) is 8.95. The molecule has 48 heavy (non-hydrogen) atoms. The van der Waals surface area contributed by atoms with Gasteiger partial charge < -0.3 is 19.9 Å². The van der Waals surface area contributed by atoms with Gasteiger partial charge in [-0.15, -0.1) is 11.3 Å². The van der Waals surface area contributed by atoms with E-state index in [4.69, 9.17) is 0 Å². The molecular formula is C32H31F3N4O7S2. The molecule has 0 spiro atoms. The number of rotatable bonds is 11. The summed E-state index contributed by atoms with van der Waals surface area (Å²) in [6.07, 6.45) is 3.02. The van der Waals surface area contributed by atoms with Gasteiger partial charge in [-0.25, -0.2) is 9.97 Å². The Hall–Kier alpha value is -4.83. The third-order valence-electron chi connectivity index (χ3n) is 6.90. The van der Waals surface area contributed by atoms with Crippen molar-refractivity contribution in [2.45, 2.75) is 57.1 Å². The van der Waals surface area contributed by atoms with E-state index < -0.39 is 51.2 Å². The molecule has 0 unspecified atom stereocenters. The number of nitrogens with zero attached hydrogens (tertiary/aromatic N) is 2. The van der Waals surface area contributed by atoms with Crippen LogP contribution in [0.2, 0.25) is 0 Å². The maximum Gasteiger partial charge on any atom is 0.534 e.